The number of fused-ring (bicyclic) bond motifs is 1. The molecule has 1 aromatic carbocycles. The zero-order chi connectivity index (χ0) is 19.5. The molecule has 3 heterocycles. The zero-order valence-electron chi connectivity index (χ0n) is 16.3. The average molecular weight is 526 g/mol. The monoisotopic (exact) mass is 525 g/mol. The van der Waals surface area contributed by atoms with Crippen LogP contribution in [-0.4, -0.2) is 58.1 Å². The summed E-state index contributed by atoms with van der Waals surface area (Å²) >= 11 is 6.11. The summed E-state index contributed by atoms with van der Waals surface area (Å²) in [5.41, 5.74) is 8.64. The Morgan fingerprint density at radius 2 is 1.90 bits per heavy atom. The lowest BCUT2D eigenvalue weighted by molar-refractivity contribution is 0.378. The van der Waals surface area contributed by atoms with Crippen LogP contribution in [0.5, 0.6) is 0 Å². The molecule has 0 aliphatic carbocycles. The van der Waals surface area contributed by atoms with Crippen LogP contribution in [0.4, 0.5) is 5.95 Å². The van der Waals surface area contributed by atoms with Gasteiger partial charge in [-0.25, -0.2) is 9.97 Å². The lowest BCUT2D eigenvalue weighted by Gasteiger charge is -2.35. The summed E-state index contributed by atoms with van der Waals surface area (Å²) in [6.07, 6.45) is 6.53. The van der Waals surface area contributed by atoms with Crippen LogP contribution in [0.2, 0.25) is 5.02 Å². The van der Waals surface area contributed by atoms with Crippen LogP contribution in [0.1, 0.15) is 5.56 Å². The summed E-state index contributed by atoms with van der Waals surface area (Å²) in [6, 6.07) is 7.83. The number of hydrogen-bond acceptors (Lipinski definition) is 4. The second-order valence-electron chi connectivity index (χ2n) is 6.94. The van der Waals surface area contributed by atoms with Gasteiger partial charge in [-0.3, -0.25) is 4.99 Å². The molecule has 0 saturated carbocycles. The van der Waals surface area contributed by atoms with E-state index in [0.717, 1.165) is 49.1 Å². The fraction of sp³-hybridized carbons (Fsp3) is 0.350. The van der Waals surface area contributed by atoms with Crippen molar-refractivity contribution in [3.05, 3.63) is 53.4 Å². The summed E-state index contributed by atoms with van der Waals surface area (Å²) in [5, 5.41) is 1.97. The molecule has 1 aliphatic heterocycles. The van der Waals surface area contributed by atoms with Gasteiger partial charge < -0.3 is 20.1 Å². The number of aliphatic imine (C=N–C) groups is 1. The van der Waals surface area contributed by atoms with Gasteiger partial charge in [-0.05, 0) is 30.2 Å². The number of piperazine rings is 1. The van der Waals surface area contributed by atoms with Crippen molar-refractivity contribution in [3.63, 3.8) is 0 Å². The highest BCUT2D eigenvalue weighted by atomic mass is 127. The molecule has 3 aromatic rings. The Morgan fingerprint density at radius 1 is 1.17 bits per heavy atom. The van der Waals surface area contributed by atoms with Gasteiger partial charge in [-0.1, -0.05) is 17.7 Å². The van der Waals surface area contributed by atoms with Crippen LogP contribution < -0.4 is 10.6 Å². The fourth-order valence-corrected chi connectivity index (χ4v) is 3.79. The topological polar surface area (TPSA) is 75.6 Å². The van der Waals surface area contributed by atoms with Gasteiger partial charge in [0.15, 0.2) is 5.96 Å². The van der Waals surface area contributed by atoms with Gasteiger partial charge in [0.05, 0.1) is 0 Å². The summed E-state index contributed by atoms with van der Waals surface area (Å²) in [4.78, 5) is 17.5. The Hall–Kier alpha value is -2.07. The van der Waals surface area contributed by atoms with Gasteiger partial charge in [0.2, 0.25) is 5.95 Å². The van der Waals surface area contributed by atoms with E-state index < -0.39 is 0 Å². The number of anilines is 1. The minimum atomic E-state index is 0. The molecule has 9 heteroatoms. The molecule has 0 bridgehead atoms. The second kappa shape index (κ2) is 9.62. The number of aromatic nitrogens is 3. The standard InChI is InChI=1S/C20H24ClN7.HI/c1-26-14-15(17-4-3-16(21)13-18(17)26)5-8-23-19(22)27-9-11-28(12-10-27)20-24-6-2-7-25-20;/h2-4,6-7,13-14H,5,8-12H2,1H3,(H2,22,23);1H. The van der Waals surface area contributed by atoms with E-state index in [0.29, 0.717) is 12.5 Å². The number of hydrogen-bond donors (Lipinski definition) is 1. The predicted molar refractivity (Wildman–Crippen MR) is 129 cm³/mol. The van der Waals surface area contributed by atoms with E-state index in [1.807, 2.05) is 25.2 Å². The first-order valence-electron chi connectivity index (χ1n) is 9.42. The van der Waals surface area contributed by atoms with Crippen molar-refractivity contribution in [1.29, 1.82) is 0 Å². The molecular weight excluding hydrogens is 501 g/mol. The van der Waals surface area contributed by atoms with Crippen LogP contribution >= 0.6 is 35.6 Å². The Kier molecular flexibility index (Phi) is 7.18. The number of halogens is 2. The number of nitrogens with two attached hydrogens (primary N) is 1. The quantitative estimate of drug-likeness (QED) is 0.322. The molecule has 2 aromatic heterocycles. The van der Waals surface area contributed by atoms with Gasteiger partial charge in [0, 0.05) is 74.3 Å². The lowest BCUT2D eigenvalue weighted by Crippen LogP contribution is -2.51. The third-order valence-corrected chi connectivity index (χ3v) is 5.36. The SMILES string of the molecule is Cn1cc(CCN=C(N)N2CCN(c3ncccn3)CC2)c2ccc(Cl)cc21.I. The minimum absolute atomic E-state index is 0. The molecular formula is C20H25ClIN7. The van der Waals surface area contributed by atoms with E-state index in [9.17, 15) is 0 Å². The summed E-state index contributed by atoms with van der Waals surface area (Å²) in [5.74, 6) is 1.38. The molecule has 1 saturated heterocycles. The molecule has 1 fully saturated rings. The summed E-state index contributed by atoms with van der Waals surface area (Å²) in [7, 11) is 2.04. The minimum Gasteiger partial charge on any atom is -0.370 e. The van der Waals surface area contributed by atoms with Crippen molar-refractivity contribution >= 4 is 58.4 Å². The van der Waals surface area contributed by atoms with Crippen molar-refractivity contribution in [2.75, 3.05) is 37.6 Å². The van der Waals surface area contributed by atoms with Crippen molar-refractivity contribution in [2.45, 2.75) is 6.42 Å². The maximum Gasteiger partial charge on any atom is 0.225 e. The molecule has 4 rings (SSSR count). The van der Waals surface area contributed by atoms with Crippen LogP contribution in [0, 0.1) is 0 Å². The fourth-order valence-electron chi connectivity index (χ4n) is 3.62. The number of rotatable bonds is 4. The van der Waals surface area contributed by atoms with Gasteiger partial charge >= 0.3 is 0 Å². The molecule has 1 aliphatic rings. The molecule has 29 heavy (non-hydrogen) atoms. The Balaban J connectivity index is 0.00000240. The molecule has 154 valence electrons. The Bertz CT molecular complexity index is 981. The smallest absolute Gasteiger partial charge is 0.225 e. The first kappa shape index (κ1) is 21.6. The number of guanidine groups is 1. The third-order valence-electron chi connectivity index (χ3n) is 5.13. The Labute approximate surface area is 192 Å². The maximum absolute atomic E-state index is 6.24. The first-order valence-corrected chi connectivity index (χ1v) is 9.80. The molecule has 2 N–H and O–H groups in total. The molecule has 0 atom stereocenters. The summed E-state index contributed by atoms with van der Waals surface area (Å²) < 4.78 is 2.11. The predicted octanol–water partition coefficient (Wildman–Crippen LogP) is 2.92. The molecule has 0 spiro atoms. The number of benzene rings is 1. The maximum atomic E-state index is 6.24. The van der Waals surface area contributed by atoms with Gasteiger partial charge in [-0.2, -0.15) is 0 Å². The van der Waals surface area contributed by atoms with E-state index in [4.69, 9.17) is 17.3 Å². The van der Waals surface area contributed by atoms with Gasteiger partial charge in [0.1, 0.15) is 0 Å². The van der Waals surface area contributed by atoms with E-state index >= 15 is 0 Å². The van der Waals surface area contributed by atoms with Crippen LogP contribution in [0.3, 0.4) is 0 Å². The Morgan fingerprint density at radius 3 is 2.62 bits per heavy atom. The van der Waals surface area contributed by atoms with Crippen LogP contribution in [0.25, 0.3) is 10.9 Å². The molecule has 7 nitrogen and oxygen atoms in total. The van der Waals surface area contributed by atoms with Gasteiger partial charge in [-0.15, -0.1) is 24.0 Å². The van der Waals surface area contributed by atoms with E-state index in [2.05, 4.69) is 41.6 Å². The highest BCUT2D eigenvalue weighted by molar-refractivity contribution is 14.0. The first-order chi connectivity index (χ1) is 13.6. The third kappa shape index (κ3) is 4.92. The molecule has 0 radical (unpaired) electrons. The second-order valence-corrected chi connectivity index (χ2v) is 7.38. The van der Waals surface area contributed by atoms with Gasteiger partial charge in [0.25, 0.3) is 0 Å². The number of nitrogens with zero attached hydrogens (tertiary/aromatic N) is 6. The zero-order valence-corrected chi connectivity index (χ0v) is 19.4. The normalized spacial score (nSPS) is 14.9. The lowest BCUT2D eigenvalue weighted by atomic mass is 10.1. The van der Waals surface area contributed by atoms with Crippen molar-refractivity contribution in [2.24, 2.45) is 17.8 Å². The van der Waals surface area contributed by atoms with Crippen molar-refractivity contribution in [3.8, 4) is 0 Å². The molecule has 0 amide bonds. The summed E-state index contributed by atoms with van der Waals surface area (Å²) in [6.45, 7) is 3.98. The largest absolute Gasteiger partial charge is 0.370 e. The van der Waals surface area contributed by atoms with E-state index in [1.165, 1.54) is 10.9 Å². The highest BCUT2D eigenvalue weighted by Crippen LogP contribution is 2.24. The van der Waals surface area contributed by atoms with E-state index in [-0.39, 0.29) is 24.0 Å². The van der Waals surface area contributed by atoms with Crippen molar-refractivity contribution < 1.29 is 0 Å². The average Bonchev–Trinajstić information content (AvgIpc) is 3.03. The van der Waals surface area contributed by atoms with Crippen LogP contribution in [0.15, 0.2) is 47.8 Å². The number of aryl methyl sites for hydroxylation is 1. The highest BCUT2D eigenvalue weighted by Gasteiger charge is 2.19. The van der Waals surface area contributed by atoms with Crippen LogP contribution in [-0.2, 0) is 13.5 Å². The molecule has 0 unspecified atom stereocenters. The van der Waals surface area contributed by atoms with E-state index in [1.54, 1.807) is 12.4 Å². The van der Waals surface area contributed by atoms with Crippen molar-refractivity contribution in [1.82, 2.24) is 19.4 Å².